The minimum atomic E-state index is -0.557. The first kappa shape index (κ1) is 18.6. The van der Waals surface area contributed by atoms with E-state index < -0.39 is 4.92 Å². The third kappa shape index (κ3) is 3.81. The maximum absolute atomic E-state index is 12.8. The van der Waals surface area contributed by atoms with E-state index in [4.69, 9.17) is 4.74 Å². The Kier molecular flexibility index (Phi) is 5.49. The lowest BCUT2D eigenvalue weighted by molar-refractivity contribution is -0.384. The number of nitriles is 1. The van der Waals surface area contributed by atoms with Gasteiger partial charge in [-0.15, -0.1) is 0 Å². The van der Waals surface area contributed by atoms with E-state index in [1.807, 2.05) is 6.07 Å². The number of fused-ring (bicyclic) bond motifs is 1. The van der Waals surface area contributed by atoms with Crippen LogP contribution in [0.4, 0.5) is 5.69 Å². The van der Waals surface area contributed by atoms with Crippen molar-refractivity contribution in [2.45, 2.75) is 16.6 Å². The third-order valence-electron chi connectivity index (χ3n) is 3.84. The van der Waals surface area contributed by atoms with Gasteiger partial charge in [-0.25, -0.2) is 4.98 Å². The zero-order valence-electron chi connectivity index (χ0n) is 14.3. The van der Waals surface area contributed by atoms with Crippen LogP contribution in [0.5, 0.6) is 0 Å². The third-order valence-corrected chi connectivity index (χ3v) is 4.91. The number of rotatable bonds is 6. The fourth-order valence-corrected chi connectivity index (χ4v) is 3.49. The largest absolute Gasteiger partial charge is 0.383 e. The molecule has 0 fully saturated rings. The van der Waals surface area contributed by atoms with Gasteiger partial charge in [-0.1, -0.05) is 23.9 Å². The van der Waals surface area contributed by atoms with Crippen molar-refractivity contribution >= 4 is 28.4 Å². The van der Waals surface area contributed by atoms with Crippen LogP contribution in [0.15, 0.2) is 57.3 Å². The maximum atomic E-state index is 12.8. The molecule has 1 heterocycles. The second-order valence-corrected chi connectivity index (χ2v) is 6.52. The molecule has 0 saturated heterocycles. The molecule has 0 aliphatic carbocycles. The number of methoxy groups -OCH3 is 1. The van der Waals surface area contributed by atoms with Gasteiger partial charge >= 0.3 is 0 Å². The lowest BCUT2D eigenvalue weighted by atomic mass is 10.2. The fraction of sp³-hybridized carbons (Fsp3) is 0.167. The molecule has 0 amide bonds. The predicted octanol–water partition coefficient (Wildman–Crippen LogP) is 2.97. The highest BCUT2D eigenvalue weighted by Crippen LogP contribution is 2.31. The Bertz CT molecular complexity index is 1120. The van der Waals surface area contributed by atoms with E-state index in [2.05, 4.69) is 4.98 Å². The molecule has 3 aromatic rings. The number of para-hydroxylation sites is 1. The Labute approximate surface area is 158 Å². The van der Waals surface area contributed by atoms with E-state index in [0.29, 0.717) is 34.1 Å². The quantitative estimate of drug-likeness (QED) is 0.366. The van der Waals surface area contributed by atoms with Gasteiger partial charge < -0.3 is 4.74 Å². The molecule has 0 saturated carbocycles. The van der Waals surface area contributed by atoms with Crippen molar-refractivity contribution in [3.05, 3.63) is 68.5 Å². The van der Waals surface area contributed by atoms with Crippen molar-refractivity contribution in [1.82, 2.24) is 9.55 Å². The molecule has 0 aliphatic rings. The zero-order valence-corrected chi connectivity index (χ0v) is 15.1. The van der Waals surface area contributed by atoms with Gasteiger partial charge in [0.15, 0.2) is 5.16 Å². The molecular weight excluding hydrogens is 368 g/mol. The summed E-state index contributed by atoms with van der Waals surface area (Å²) in [5.74, 6) is 0. The molecular formula is C18H14N4O4S. The van der Waals surface area contributed by atoms with E-state index in [-0.39, 0.29) is 16.8 Å². The van der Waals surface area contributed by atoms with Crippen molar-refractivity contribution < 1.29 is 9.66 Å². The number of benzene rings is 2. The molecule has 9 heteroatoms. The molecule has 0 spiro atoms. The van der Waals surface area contributed by atoms with Gasteiger partial charge in [0.05, 0.1) is 34.5 Å². The van der Waals surface area contributed by atoms with Gasteiger partial charge in [0.2, 0.25) is 0 Å². The number of ether oxygens (including phenoxy) is 1. The highest BCUT2D eigenvalue weighted by molar-refractivity contribution is 7.99. The summed E-state index contributed by atoms with van der Waals surface area (Å²) in [7, 11) is 1.54. The van der Waals surface area contributed by atoms with Gasteiger partial charge in [-0.2, -0.15) is 5.26 Å². The van der Waals surface area contributed by atoms with E-state index in [1.165, 1.54) is 29.9 Å². The lowest BCUT2D eigenvalue weighted by Crippen LogP contribution is -2.25. The molecule has 136 valence electrons. The summed E-state index contributed by atoms with van der Waals surface area (Å²) in [6, 6.07) is 13.0. The van der Waals surface area contributed by atoms with Crippen molar-refractivity contribution in [2.24, 2.45) is 0 Å². The summed E-state index contributed by atoms with van der Waals surface area (Å²) in [5.41, 5.74) is 0.314. The second kappa shape index (κ2) is 7.99. The molecule has 0 atom stereocenters. The number of nitro benzene ring substituents is 1. The highest BCUT2D eigenvalue weighted by Gasteiger charge is 2.16. The minimum absolute atomic E-state index is 0.148. The fourth-order valence-electron chi connectivity index (χ4n) is 2.51. The van der Waals surface area contributed by atoms with E-state index >= 15 is 0 Å². The second-order valence-electron chi connectivity index (χ2n) is 5.51. The summed E-state index contributed by atoms with van der Waals surface area (Å²) >= 11 is 1.12. The molecule has 27 heavy (non-hydrogen) atoms. The van der Waals surface area contributed by atoms with Crippen LogP contribution in [0.25, 0.3) is 10.9 Å². The van der Waals surface area contributed by atoms with Crippen LogP contribution >= 0.6 is 11.8 Å². The highest BCUT2D eigenvalue weighted by atomic mass is 32.2. The summed E-state index contributed by atoms with van der Waals surface area (Å²) in [6.45, 7) is 0.614. The molecule has 0 bridgehead atoms. The number of aromatic nitrogens is 2. The first-order chi connectivity index (χ1) is 13.0. The van der Waals surface area contributed by atoms with Gasteiger partial charge in [0.1, 0.15) is 6.07 Å². The smallest absolute Gasteiger partial charge is 0.270 e. The Morgan fingerprint density at radius 2 is 2.11 bits per heavy atom. The standard InChI is InChI=1S/C18H14N4O4S/c1-26-9-8-21-17(23)14-4-2-3-5-15(14)20-18(21)27-16-7-6-13(22(24)25)10-12(16)11-19/h2-7,10H,8-9H2,1H3. The van der Waals surface area contributed by atoms with Crippen LogP contribution in [0.3, 0.4) is 0 Å². The molecule has 8 nitrogen and oxygen atoms in total. The number of hydrogen-bond donors (Lipinski definition) is 0. The first-order valence-electron chi connectivity index (χ1n) is 7.90. The van der Waals surface area contributed by atoms with E-state index in [1.54, 1.807) is 24.3 Å². The minimum Gasteiger partial charge on any atom is -0.383 e. The average molecular weight is 382 g/mol. The van der Waals surface area contributed by atoms with E-state index in [0.717, 1.165) is 11.8 Å². The Morgan fingerprint density at radius 1 is 1.33 bits per heavy atom. The van der Waals surface area contributed by atoms with Crippen LogP contribution in [0, 0.1) is 21.4 Å². The van der Waals surface area contributed by atoms with Crippen molar-refractivity contribution in [3.63, 3.8) is 0 Å². The molecule has 1 aromatic heterocycles. The predicted molar refractivity (Wildman–Crippen MR) is 99.8 cm³/mol. The van der Waals surface area contributed by atoms with Gasteiger partial charge in [-0.3, -0.25) is 19.5 Å². The molecule has 0 unspecified atom stereocenters. The van der Waals surface area contributed by atoms with Crippen LogP contribution in [0.1, 0.15) is 5.56 Å². The van der Waals surface area contributed by atoms with Gasteiger partial charge in [-0.05, 0) is 18.2 Å². The molecule has 0 aliphatic heterocycles. The zero-order chi connectivity index (χ0) is 19.4. The van der Waals surface area contributed by atoms with E-state index in [9.17, 15) is 20.2 Å². The SMILES string of the molecule is COCCn1c(Sc2ccc([N+](=O)[O-])cc2C#N)nc2ccccc2c1=O. The number of non-ortho nitro benzene ring substituents is 1. The Morgan fingerprint density at radius 3 is 2.81 bits per heavy atom. The summed E-state index contributed by atoms with van der Waals surface area (Å²) in [5, 5.41) is 21.1. The molecule has 0 N–H and O–H groups in total. The van der Waals surface area contributed by atoms with Crippen LogP contribution in [-0.2, 0) is 11.3 Å². The van der Waals surface area contributed by atoms with Crippen LogP contribution in [0.2, 0.25) is 0 Å². The molecule has 0 radical (unpaired) electrons. The maximum Gasteiger partial charge on any atom is 0.270 e. The molecule has 3 rings (SSSR count). The summed E-state index contributed by atoms with van der Waals surface area (Å²) in [6.07, 6.45) is 0. The van der Waals surface area contributed by atoms with Crippen LogP contribution in [-0.4, -0.2) is 28.2 Å². The van der Waals surface area contributed by atoms with Crippen molar-refractivity contribution in [1.29, 1.82) is 5.26 Å². The Balaban J connectivity index is 2.12. The van der Waals surface area contributed by atoms with Gasteiger partial charge in [0.25, 0.3) is 11.2 Å². The molecule has 2 aromatic carbocycles. The number of hydrogen-bond acceptors (Lipinski definition) is 7. The van der Waals surface area contributed by atoms with Crippen LogP contribution < -0.4 is 5.56 Å². The lowest BCUT2D eigenvalue weighted by Gasteiger charge is -2.13. The number of nitrogens with zero attached hydrogens (tertiary/aromatic N) is 4. The first-order valence-corrected chi connectivity index (χ1v) is 8.71. The monoisotopic (exact) mass is 382 g/mol. The summed E-state index contributed by atoms with van der Waals surface area (Å²) in [4.78, 5) is 28.2. The Hall–Kier alpha value is -3.22. The topological polar surface area (TPSA) is 111 Å². The van der Waals surface area contributed by atoms with Gasteiger partial charge in [0, 0.05) is 24.1 Å². The average Bonchev–Trinajstić information content (AvgIpc) is 2.68. The van der Waals surface area contributed by atoms with Crippen molar-refractivity contribution in [2.75, 3.05) is 13.7 Å². The normalized spacial score (nSPS) is 10.7. The van der Waals surface area contributed by atoms with Crippen molar-refractivity contribution in [3.8, 4) is 6.07 Å². The summed E-state index contributed by atoms with van der Waals surface area (Å²) < 4.78 is 6.57. The number of nitro groups is 1.